The van der Waals surface area contributed by atoms with E-state index in [1.54, 1.807) is 60.9 Å². The molecule has 0 spiro atoms. The fourth-order valence-corrected chi connectivity index (χ4v) is 12.7. The van der Waals surface area contributed by atoms with E-state index in [4.69, 9.17) is 9.47 Å². The Bertz CT molecular complexity index is 3890. The van der Waals surface area contributed by atoms with Crippen molar-refractivity contribution in [3.8, 4) is 23.6 Å². The van der Waals surface area contributed by atoms with Crippen molar-refractivity contribution in [3.05, 3.63) is 72.1 Å². The van der Waals surface area contributed by atoms with Gasteiger partial charge in [-0.3, -0.25) is 87.2 Å². The van der Waals surface area contributed by atoms with Crippen LogP contribution in [0.5, 0.6) is 11.5 Å². The van der Waals surface area contributed by atoms with Gasteiger partial charge in [-0.15, -0.1) is 0 Å². The number of carboxylic acids is 4. The lowest BCUT2D eigenvalue weighted by Gasteiger charge is -2.36. The average molecular weight is 1470 g/mol. The summed E-state index contributed by atoms with van der Waals surface area (Å²) in [6.45, 7) is -4.69. The minimum Gasteiger partial charge on any atom is -0.494 e. The predicted molar refractivity (Wildman–Crippen MR) is 361 cm³/mol. The molecular formula is C68H84F4N16O17. The number of aromatic nitrogens is 2. The van der Waals surface area contributed by atoms with Crippen molar-refractivity contribution in [3.63, 3.8) is 0 Å². The summed E-state index contributed by atoms with van der Waals surface area (Å²) in [5.41, 5.74) is 0.869. The average Bonchev–Trinajstić information content (AvgIpc) is 1.74. The second kappa shape index (κ2) is 37.8. The van der Waals surface area contributed by atoms with Gasteiger partial charge in [0.15, 0.2) is 0 Å². The third kappa shape index (κ3) is 24.3. The fraction of sp³-hybridized carbons (Fsp3) is 0.544. The Balaban J connectivity index is 0.956. The maximum Gasteiger partial charge on any atom is 0.317 e. The van der Waals surface area contributed by atoms with Gasteiger partial charge in [0, 0.05) is 154 Å². The monoisotopic (exact) mass is 1470 g/mol. The maximum absolute atomic E-state index is 14.8. The standard InChI is InChI=1S/C68H84F4N16O17/c69-67(70)33-46(35-73)87(44-67)58(91)37-77-65(102)50-9-11-75-54-7-5-48(31-52(50)54)104-29-1-3-56(89)84-23-21-83(43-64(100)101)22-24-86(60(93)39-79-13-15-80(40-61(94)95)17-19-82(42-63(98)99)20-18-81(16-14-79)41-62(96)97)28-27-85(26-25-84)57(90)4-2-30-105-49-6-8-55-53(32-49)51(10-12-76-55)66(103)78-38-59(92)88-45-68(71,72)34-47(88)36-74/h5-12,31-32,46-47H,1-4,13-30,33-34,37-45H2,(H,77,102)(H,78,103)(H,94,95)(H,96,97)(H,98,99)(H,100,101)/t46-,47-/m0/s1. The number of halogens is 4. The molecule has 33 nitrogen and oxygen atoms in total. The van der Waals surface area contributed by atoms with Crippen LogP contribution in [-0.2, 0) is 43.2 Å². The molecular weight excluding hydrogens is 1390 g/mol. The Labute approximate surface area is 600 Å². The highest BCUT2D eigenvalue weighted by Gasteiger charge is 2.48. The minimum atomic E-state index is -3.26. The second-order valence-electron chi connectivity index (χ2n) is 25.9. The van der Waals surface area contributed by atoms with E-state index in [1.165, 1.54) is 51.4 Å². The van der Waals surface area contributed by atoms with Crippen LogP contribution in [0.15, 0.2) is 60.9 Å². The Morgan fingerprint density at radius 1 is 0.448 bits per heavy atom. The number of ether oxygens (including phenoxy) is 2. The number of fused-ring (bicyclic) bond motifs is 2. The smallest absolute Gasteiger partial charge is 0.317 e. The first kappa shape index (κ1) is 80.2. The van der Waals surface area contributed by atoms with E-state index in [1.807, 2.05) is 0 Å². The number of alkyl halides is 4. The van der Waals surface area contributed by atoms with Gasteiger partial charge >= 0.3 is 23.9 Å². The number of hydrogen-bond acceptors (Lipinski definition) is 22. The molecule has 8 rings (SSSR count). The van der Waals surface area contributed by atoms with Gasteiger partial charge in [0.1, 0.15) is 23.6 Å². The molecule has 0 aliphatic carbocycles. The molecule has 0 radical (unpaired) electrons. The largest absolute Gasteiger partial charge is 0.494 e. The normalized spacial score (nSPS) is 19.2. The van der Waals surface area contributed by atoms with Gasteiger partial charge in [-0.2, -0.15) is 10.5 Å². The lowest BCUT2D eigenvalue weighted by Crippen LogP contribution is -2.52. The molecule has 0 unspecified atom stereocenters. The number of carboxylic acid groups (broad SMARTS) is 4. The van der Waals surface area contributed by atoms with E-state index in [0.29, 0.717) is 21.8 Å². The zero-order valence-electron chi connectivity index (χ0n) is 57.6. The third-order valence-electron chi connectivity index (χ3n) is 18.2. The van der Waals surface area contributed by atoms with Crippen molar-refractivity contribution < 1.29 is 100 Å². The number of nitriles is 2. The molecule has 6 N–H and O–H groups in total. The molecule has 6 heterocycles. The molecule has 37 heteroatoms. The van der Waals surface area contributed by atoms with Crippen molar-refractivity contribution >= 4 is 87.0 Å². The number of hydrogen-bond donors (Lipinski definition) is 6. The molecule has 4 fully saturated rings. The molecule has 2 aromatic heterocycles. The molecule has 4 aromatic rings. The summed E-state index contributed by atoms with van der Waals surface area (Å²) < 4.78 is 68.5. The molecule has 2 atom stereocenters. The molecule has 4 aliphatic rings. The highest BCUT2D eigenvalue weighted by atomic mass is 19.3. The van der Waals surface area contributed by atoms with Crippen molar-refractivity contribution in [1.29, 1.82) is 10.5 Å². The summed E-state index contributed by atoms with van der Waals surface area (Å²) in [6, 6.07) is 12.8. The summed E-state index contributed by atoms with van der Waals surface area (Å²) in [6.07, 6.45) is 1.12. The number of aliphatic carboxylic acids is 4. The van der Waals surface area contributed by atoms with Crippen molar-refractivity contribution in [2.45, 2.75) is 62.5 Å². The van der Waals surface area contributed by atoms with Gasteiger partial charge in [-0.1, -0.05) is 0 Å². The Morgan fingerprint density at radius 2 is 0.762 bits per heavy atom. The van der Waals surface area contributed by atoms with Gasteiger partial charge in [0.2, 0.25) is 29.5 Å². The van der Waals surface area contributed by atoms with E-state index in [9.17, 15) is 101 Å². The highest BCUT2D eigenvalue weighted by molar-refractivity contribution is 6.08. The zero-order chi connectivity index (χ0) is 76.0. The van der Waals surface area contributed by atoms with Gasteiger partial charge in [0.05, 0.1) is 106 Å². The van der Waals surface area contributed by atoms with E-state index in [2.05, 4.69) is 20.6 Å². The minimum absolute atomic E-state index is 0.00334. The van der Waals surface area contributed by atoms with E-state index in [-0.39, 0.29) is 185 Å². The van der Waals surface area contributed by atoms with Crippen molar-refractivity contribution in [2.24, 2.45) is 0 Å². The van der Waals surface area contributed by atoms with Gasteiger partial charge in [-0.25, -0.2) is 17.6 Å². The number of carbonyl (C=O) groups is 11. The third-order valence-corrected chi connectivity index (χ3v) is 18.2. The number of rotatable bonds is 26. The number of likely N-dealkylation sites (tertiary alicyclic amines) is 2. The quantitative estimate of drug-likeness (QED) is 0.0360. The molecule has 0 saturated carbocycles. The van der Waals surface area contributed by atoms with E-state index >= 15 is 0 Å². The summed E-state index contributed by atoms with van der Waals surface area (Å²) >= 11 is 0. The van der Waals surface area contributed by atoms with Gasteiger partial charge in [-0.05, 0) is 61.4 Å². The predicted octanol–water partition coefficient (Wildman–Crippen LogP) is 0.142. The number of amides is 7. The molecule has 7 amide bonds. The first-order valence-electron chi connectivity index (χ1n) is 34.1. The lowest BCUT2D eigenvalue weighted by molar-refractivity contribution is -0.141. The summed E-state index contributed by atoms with van der Waals surface area (Å²) in [4.78, 5) is 167. The molecule has 4 saturated heterocycles. The topological polar surface area (TPSA) is 417 Å². The van der Waals surface area contributed by atoms with Crippen molar-refractivity contribution in [1.82, 2.24) is 69.6 Å². The summed E-state index contributed by atoms with van der Waals surface area (Å²) in [7, 11) is 0. The SMILES string of the molecule is N#C[C@@H]1CC(F)(F)CN1C(=O)CNC(=O)c1ccnc2ccc(OCCCC(=O)N3CCN(CC(=O)O)CCN(C(=O)CN4CCN(CC(=O)O)CCN(CC(=O)O)CCN(CC(=O)O)CC4)CCN(C(=O)CCCOc4ccc5nccc(C(=O)NCC(=O)N6CC(F)(F)C[C@H]6C#N)c5c4)CC3)cc12. The fourth-order valence-electron chi connectivity index (χ4n) is 12.7. The number of nitrogens with one attached hydrogen (secondary N) is 2. The van der Waals surface area contributed by atoms with Crippen LogP contribution in [0.4, 0.5) is 17.6 Å². The zero-order valence-corrected chi connectivity index (χ0v) is 57.6. The molecule has 0 bridgehead atoms. The number of carbonyl (C=O) groups excluding carboxylic acids is 7. The molecule has 105 heavy (non-hydrogen) atoms. The van der Waals surface area contributed by atoms with Crippen LogP contribution in [-0.4, -0.2) is 345 Å². The van der Waals surface area contributed by atoms with Crippen LogP contribution in [0.3, 0.4) is 0 Å². The van der Waals surface area contributed by atoms with Crippen LogP contribution >= 0.6 is 0 Å². The highest BCUT2D eigenvalue weighted by Crippen LogP contribution is 2.33. The Morgan fingerprint density at radius 3 is 1.10 bits per heavy atom. The first-order chi connectivity index (χ1) is 50.1. The maximum atomic E-state index is 14.8. The van der Waals surface area contributed by atoms with Crippen molar-refractivity contribution in [2.75, 3.05) is 177 Å². The van der Waals surface area contributed by atoms with Crippen LogP contribution in [0.2, 0.25) is 0 Å². The second-order valence-corrected chi connectivity index (χ2v) is 25.9. The molecule has 566 valence electrons. The summed E-state index contributed by atoms with van der Waals surface area (Å²) in [5, 5.41) is 63.6. The molecule has 2 aromatic carbocycles. The number of nitrogens with zero attached hydrogens (tertiary/aromatic N) is 14. The van der Waals surface area contributed by atoms with Crippen LogP contribution in [0.1, 0.15) is 59.2 Å². The Hall–Kier alpha value is -10.5. The van der Waals surface area contributed by atoms with Crippen LogP contribution in [0, 0.1) is 22.7 Å². The summed E-state index contributed by atoms with van der Waals surface area (Å²) in [5.74, 6) is -15.1. The first-order valence-corrected chi connectivity index (χ1v) is 34.1. The lowest BCUT2D eigenvalue weighted by atomic mass is 10.1. The molecule has 4 aliphatic heterocycles. The van der Waals surface area contributed by atoms with E-state index in [0.717, 1.165) is 9.80 Å². The van der Waals surface area contributed by atoms with Gasteiger partial charge < -0.3 is 65.0 Å². The van der Waals surface area contributed by atoms with Crippen LogP contribution in [0.25, 0.3) is 21.8 Å². The number of pyridine rings is 2. The van der Waals surface area contributed by atoms with E-state index < -0.39 is 142 Å². The Kier molecular flexibility index (Phi) is 28.9. The number of benzene rings is 2. The van der Waals surface area contributed by atoms with Crippen LogP contribution < -0.4 is 20.1 Å². The van der Waals surface area contributed by atoms with Gasteiger partial charge in [0.25, 0.3) is 23.7 Å².